The molecule has 5 aliphatic heterocycles. The molecule has 0 aliphatic carbocycles. The first-order chi connectivity index (χ1) is 17.8. The zero-order valence-corrected chi connectivity index (χ0v) is 19.6. The van der Waals surface area contributed by atoms with Crippen molar-refractivity contribution in [2.75, 3.05) is 18.6 Å². The molecule has 6 heterocycles. The minimum absolute atomic E-state index is 0.236. The number of aliphatic hydroxyl groups is 4. The van der Waals surface area contributed by atoms with Crippen LogP contribution in [0.2, 0.25) is 0 Å². The van der Waals surface area contributed by atoms with Gasteiger partial charge in [-0.15, -0.1) is 0 Å². The number of amides is 2. The fourth-order valence-electron chi connectivity index (χ4n) is 6.05. The highest BCUT2D eigenvalue weighted by atomic mass is 16.6. The Labute approximate surface area is 208 Å². The second kappa shape index (κ2) is 7.66. The van der Waals surface area contributed by atoms with Crippen LogP contribution in [0.5, 0.6) is 0 Å². The number of aromatic amines is 1. The van der Waals surface area contributed by atoms with Gasteiger partial charge in [0.05, 0.1) is 28.9 Å². The molecule has 0 saturated carbocycles. The van der Waals surface area contributed by atoms with E-state index in [0.717, 1.165) is 10.5 Å². The van der Waals surface area contributed by atoms with Crippen LogP contribution in [0.3, 0.4) is 0 Å². The quantitative estimate of drug-likeness (QED) is 0.287. The van der Waals surface area contributed by atoms with Crippen molar-refractivity contribution in [3.05, 3.63) is 51.8 Å². The number of hydrogen-bond donors (Lipinski definition) is 5. The van der Waals surface area contributed by atoms with E-state index in [-0.39, 0.29) is 11.1 Å². The van der Waals surface area contributed by atoms with E-state index in [2.05, 4.69) is 15.0 Å². The molecular weight excluding hydrogens is 482 g/mol. The molecule has 5 N–H and O–H groups in total. The summed E-state index contributed by atoms with van der Waals surface area (Å²) in [6, 6.07) is 0. The first-order valence-corrected chi connectivity index (χ1v) is 11.9. The predicted octanol–water partition coefficient (Wildman–Crippen LogP) is -2.18. The Morgan fingerprint density at radius 2 is 1.92 bits per heavy atom. The summed E-state index contributed by atoms with van der Waals surface area (Å²) in [5, 5.41) is 42.8. The van der Waals surface area contributed by atoms with Gasteiger partial charge in [0.2, 0.25) is 0 Å². The lowest BCUT2D eigenvalue weighted by atomic mass is 9.95. The van der Waals surface area contributed by atoms with E-state index in [1.54, 1.807) is 29.5 Å². The third-order valence-electron chi connectivity index (χ3n) is 7.79. The lowest BCUT2D eigenvalue weighted by Crippen LogP contribution is -2.64. The summed E-state index contributed by atoms with van der Waals surface area (Å²) in [4.78, 5) is 41.9. The maximum Gasteiger partial charge on any atom is 0.262 e. The second-order valence-corrected chi connectivity index (χ2v) is 9.68. The maximum absolute atomic E-state index is 13.5. The smallest absolute Gasteiger partial charge is 0.262 e. The number of aromatic nitrogens is 1. The molecule has 0 bridgehead atoms. The number of ether oxygens (including phenoxy) is 1. The number of allylic oxidation sites excluding steroid dienone is 2. The summed E-state index contributed by atoms with van der Waals surface area (Å²) in [6.07, 6.45) is 1.21. The molecule has 37 heavy (non-hydrogen) atoms. The van der Waals surface area contributed by atoms with Crippen LogP contribution >= 0.6 is 0 Å². The number of nitrogens with one attached hydrogen (secondary N) is 1. The van der Waals surface area contributed by atoms with Crippen LogP contribution in [-0.4, -0.2) is 98.8 Å². The summed E-state index contributed by atoms with van der Waals surface area (Å²) >= 11 is 0. The van der Waals surface area contributed by atoms with Crippen molar-refractivity contribution >= 4 is 40.2 Å². The highest BCUT2D eigenvalue weighted by molar-refractivity contribution is 6.29. The molecule has 2 aromatic rings. The highest BCUT2D eigenvalue weighted by Gasteiger charge is 2.52. The van der Waals surface area contributed by atoms with Gasteiger partial charge in [0.1, 0.15) is 36.1 Å². The van der Waals surface area contributed by atoms with Crippen LogP contribution in [-0.2, 0) is 11.2 Å². The molecular formula is C25H23N5O7. The number of carbonyl (C=O) groups is 2. The van der Waals surface area contributed by atoms with Gasteiger partial charge in [-0.05, 0) is 12.5 Å². The Morgan fingerprint density at radius 3 is 2.70 bits per heavy atom. The molecule has 5 aliphatic rings. The van der Waals surface area contributed by atoms with Crippen molar-refractivity contribution in [2.45, 2.75) is 43.2 Å². The van der Waals surface area contributed by atoms with Crippen LogP contribution in [0.4, 0.5) is 5.69 Å². The standard InChI is InChI=1S/C25H23N5O7/c1-29-23(35)14-12-9-4-2-6-26-21(9)28-16(12)17-13(15(14)24(29)36)10-5-3-7-27-22(10)30(17)25-20(34)19(33)18(32)11(8-31)37-25/h2-3,5-7,11,18-20,22,25,31-34H,4,8H2,1H3,(H,26,28)/t11-,18-,19+,20-,22?,25-/m1/s1. The van der Waals surface area contributed by atoms with Crippen LogP contribution in [0.1, 0.15) is 26.3 Å². The van der Waals surface area contributed by atoms with Crippen molar-refractivity contribution in [3.8, 4) is 0 Å². The minimum Gasteiger partial charge on any atom is -0.394 e. The lowest BCUT2D eigenvalue weighted by molar-refractivity contribution is -0.229. The largest absolute Gasteiger partial charge is 0.394 e. The van der Waals surface area contributed by atoms with E-state index in [1.807, 2.05) is 6.08 Å². The number of aliphatic hydroxyl groups excluding tert-OH is 4. The average molecular weight is 505 g/mol. The number of aliphatic imine (C=N–C) groups is 1. The zero-order chi connectivity index (χ0) is 25.7. The summed E-state index contributed by atoms with van der Waals surface area (Å²) < 4.78 is 5.95. The van der Waals surface area contributed by atoms with Crippen LogP contribution in [0.15, 0.2) is 34.4 Å². The fraction of sp³-hybridized carbons (Fsp3) is 0.360. The van der Waals surface area contributed by atoms with Gasteiger partial charge in [0.25, 0.3) is 11.8 Å². The summed E-state index contributed by atoms with van der Waals surface area (Å²) in [5.41, 5.74) is 3.44. The number of H-pyrrole nitrogens is 1. The van der Waals surface area contributed by atoms with Gasteiger partial charge in [0.15, 0.2) is 6.23 Å². The number of rotatable bonds is 2. The number of hydrogen-bond acceptors (Lipinski definition) is 10. The molecule has 1 fully saturated rings. The van der Waals surface area contributed by atoms with Crippen LogP contribution in [0.25, 0.3) is 16.5 Å². The van der Waals surface area contributed by atoms with Crippen molar-refractivity contribution in [2.24, 2.45) is 9.98 Å². The Kier molecular flexibility index (Phi) is 4.66. The second-order valence-electron chi connectivity index (χ2n) is 9.68. The third-order valence-corrected chi connectivity index (χ3v) is 7.79. The molecule has 12 nitrogen and oxygen atoms in total. The SMILES string of the molecule is CN1C(=O)c2c(c3c4c([nH]c3c3c2=C2C=CC=NC2N3[C@@H]2O[C@H](CO)[C@@H](O)[C@H](O)[C@H]2O)=NC=CC4)C1=O. The normalized spacial score (nSPS) is 31.6. The Hall–Kier alpha value is -3.68. The molecule has 2 amide bonds. The minimum atomic E-state index is -1.61. The molecule has 0 radical (unpaired) electrons. The van der Waals surface area contributed by atoms with Crippen molar-refractivity contribution in [3.63, 3.8) is 0 Å². The number of nitrogens with zero attached hydrogens (tertiary/aromatic N) is 4. The molecule has 0 spiro atoms. The third kappa shape index (κ3) is 2.73. The molecule has 1 aromatic heterocycles. The van der Waals surface area contributed by atoms with Gasteiger partial charge in [-0.2, -0.15) is 0 Å². The molecule has 6 atom stereocenters. The Morgan fingerprint density at radius 1 is 1.14 bits per heavy atom. The maximum atomic E-state index is 13.5. The van der Waals surface area contributed by atoms with Crippen molar-refractivity contribution in [1.29, 1.82) is 0 Å². The van der Waals surface area contributed by atoms with Crippen LogP contribution in [0, 0.1) is 0 Å². The number of carbonyl (C=O) groups excluding carboxylic acids is 2. The Balaban J connectivity index is 1.59. The summed E-state index contributed by atoms with van der Waals surface area (Å²) in [5.74, 6) is -0.878. The molecule has 12 heteroatoms. The van der Waals surface area contributed by atoms with Crippen molar-refractivity contribution < 1.29 is 34.8 Å². The molecule has 1 aromatic carbocycles. The van der Waals surface area contributed by atoms with E-state index in [9.17, 15) is 30.0 Å². The lowest BCUT2D eigenvalue weighted by Gasteiger charge is -2.46. The number of benzene rings is 1. The van der Waals surface area contributed by atoms with E-state index < -0.39 is 55.2 Å². The number of anilines is 1. The van der Waals surface area contributed by atoms with Gasteiger partial charge >= 0.3 is 0 Å². The van der Waals surface area contributed by atoms with E-state index in [0.29, 0.717) is 39.3 Å². The topological polar surface area (TPSA) is 171 Å². The molecule has 1 saturated heterocycles. The number of dihydropyridines is 1. The van der Waals surface area contributed by atoms with Gasteiger partial charge in [-0.25, -0.2) is 4.99 Å². The molecule has 7 rings (SSSR count). The summed E-state index contributed by atoms with van der Waals surface area (Å²) in [6.45, 7) is -0.592. The van der Waals surface area contributed by atoms with E-state index in [1.165, 1.54) is 7.05 Å². The van der Waals surface area contributed by atoms with E-state index in [4.69, 9.17) is 4.74 Å². The average Bonchev–Trinajstić information content (AvgIpc) is 3.53. The first-order valence-electron chi connectivity index (χ1n) is 11.9. The monoisotopic (exact) mass is 505 g/mol. The molecule has 1 unspecified atom stereocenters. The number of fused-ring (bicyclic) bond motifs is 9. The first kappa shape index (κ1) is 22.5. The highest BCUT2D eigenvalue weighted by Crippen LogP contribution is 2.42. The zero-order valence-electron chi connectivity index (χ0n) is 19.6. The summed E-state index contributed by atoms with van der Waals surface area (Å²) in [7, 11) is 1.44. The number of imide groups is 1. The van der Waals surface area contributed by atoms with Crippen molar-refractivity contribution in [1.82, 2.24) is 9.88 Å². The molecule has 190 valence electrons. The van der Waals surface area contributed by atoms with Gasteiger partial charge in [0, 0.05) is 41.2 Å². The fourth-order valence-corrected chi connectivity index (χ4v) is 6.05. The van der Waals surface area contributed by atoms with Gasteiger partial charge in [-0.3, -0.25) is 19.5 Å². The van der Waals surface area contributed by atoms with Gasteiger partial charge < -0.3 is 35.0 Å². The van der Waals surface area contributed by atoms with Gasteiger partial charge in [-0.1, -0.05) is 12.2 Å². The van der Waals surface area contributed by atoms with Crippen LogP contribution < -0.4 is 15.6 Å². The predicted molar refractivity (Wildman–Crippen MR) is 129 cm³/mol. The Bertz CT molecular complexity index is 1620. The van der Waals surface area contributed by atoms with E-state index >= 15 is 0 Å².